The van der Waals surface area contributed by atoms with Gasteiger partial charge in [-0.15, -0.1) is 24.0 Å². The summed E-state index contributed by atoms with van der Waals surface area (Å²) in [6.45, 7) is 1.35. The Morgan fingerprint density at radius 1 is 1.08 bits per heavy atom. The van der Waals surface area contributed by atoms with Gasteiger partial charge in [-0.1, -0.05) is 12.1 Å². The summed E-state index contributed by atoms with van der Waals surface area (Å²) < 4.78 is 3.56. The zero-order valence-corrected chi connectivity index (χ0v) is 16.5. The van der Waals surface area contributed by atoms with Gasteiger partial charge in [0.15, 0.2) is 5.96 Å². The molecule has 2 aromatic heterocycles. The Hall–Kier alpha value is -2.43. The van der Waals surface area contributed by atoms with Gasteiger partial charge in [0.1, 0.15) is 12.7 Å². The Labute approximate surface area is 163 Å². The zero-order chi connectivity index (χ0) is 16.8. The maximum Gasteiger partial charge on any atom is 0.191 e. The van der Waals surface area contributed by atoms with Crippen LogP contribution in [0.15, 0.2) is 54.2 Å². The molecular weight excluding hydrogens is 431 g/mol. The van der Waals surface area contributed by atoms with Crippen LogP contribution in [-0.4, -0.2) is 37.6 Å². The highest BCUT2D eigenvalue weighted by molar-refractivity contribution is 14.0. The molecule has 2 N–H and O–H groups in total. The third-order valence-corrected chi connectivity index (χ3v) is 3.66. The number of halogens is 1. The fraction of sp³-hybridized carbons (Fsp3) is 0.250. The van der Waals surface area contributed by atoms with E-state index >= 15 is 0 Å². The first-order valence-corrected chi connectivity index (χ1v) is 7.61. The van der Waals surface area contributed by atoms with Crippen LogP contribution in [0.2, 0.25) is 0 Å². The first kappa shape index (κ1) is 18.9. The molecule has 25 heavy (non-hydrogen) atoms. The molecule has 9 heteroatoms. The Balaban J connectivity index is 0.00000225. The van der Waals surface area contributed by atoms with E-state index in [2.05, 4.69) is 42.9 Å². The second kappa shape index (κ2) is 9.16. The van der Waals surface area contributed by atoms with Gasteiger partial charge in [-0.25, -0.2) is 9.67 Å². The normalized spacial score (nSPS) is 11.0. The molecule has 0 aliphatic rings. The number of hydrogen-bond acceptors (Lipinski definition) is 4. The van der Waals surface area contributed by atoms with Crippen LogP contribution in [0.4, 0.5) is 0 Å². The Bertz CT molecular complexity index is 792. The number of hydrogen-bond donors (Lipinski definition) is 2. The molecule has 0 fully saturated rings. The first-order valence-electron chi connectivity index (χ1n) is 7.61. The van der Waals surface area contributed by atoms with E-state index in [1.165, 1.54) is 6.33 Å². The molecule has 0 saturated carbocycles. The van der Waals surface area contributed by atoms with Crippen LogP contribution in [0.5, 0.6) is 0 Å². The molecule has 0 unspecified atom stereocenters. The van der Waals surface area contributed by atoms with Crippen LogP contribution < -0.4 is 10.6 Å². The van der Waals surface area contributed by atoms with E-state index in [4.69, 9.17) is 0 Å². The van der Waals surface area contributed by atoms with Crippen molar-refractivity contribution in [2.24, 2.45) is 12.0 Å². The monoisotopic (exact) mass is 452 g/mol. The van der Waals surface area contributed by atoms with Crippen LogP contribution in [0.25, 0.3) is 5.69 Å². The van der Waals surface area contributed by atoms with Crippen molar-refractivity contribution in [1.29, 1.82) is 0 Å². The average Bonchev–Trinajstić information content (AvgIpc) is 3.28. The van der Waals surface area contributed by atoms with E-state index in [1.807, 2.05) is 29.9 Å². The number of aryl methyl sites for hydroxylation is 1. The summed E-state index contributed by atoms with van der Waals surface area (Å²) >= 11 is 0. The second-order valence-electron chi connectivity index (χ2n) is 5.23. The highest BCUT2D eigenvalue weighted by Crippen LogP contribution is 2.07. The van der Waals surface area contributed by atoms with Gasteiger partial charge in [-0.2, -0.15) is 10.2 Å². The smallest absolute Gasteiger partial charge is 0.191 e. The molecule has 0 aliphatic carbocycles. The minimum absolute atomic E-state index is 0. The standard InChI is InChI=1S/C16H20N8.HI/c1-17-16(20-10-15-7-8-21-23(15)2)19-9-13-3-5-14(6-4-13)24-12-18-11-22-24;/h3-8,11-12H,9-10H2,1-2H3,(H2,17,19,20);1H. The lowest BCUT2D eigenvalue weighted by Crippen LogP contribution is -2.36. The highest BCUT2D eigenvalue weighted by Gasteiger charge is 2.02. The maximum absolute atomic E-state index is 4.23. The molecule has 2 heterocycles. The minimum atomic E-state index is 0. The van der Waals surface area contributed by atoms with Gasteiger partial charge in [0, 0.05) is 26.8 Å². The van der Waals surface area contributed by atoms with Gasteiger partial charge in [0.05, 0.1) is 17.9 Å². The number of nitrogens with one attached hydrogen (secondary N) is 2. The number of guanidine groups is 1. The third-order valence-electron chi connectivity index (χ3n) is 3.66. The topological polar surface area (TPSA) is 84.9 Å². The van der Waals surface area contributed by atoms with Gasteiger partial charge in [-0.05, 0) is 23.8 Å². The Morgan fingerprint density at radius 2 is 1.84 bits per heavy atom. The maximum atomic E-state index is 4.23. The first-order chi connectivity index (χ1) is 11.8. The molecule has 0 atom stereocenters. The van der Waals surface area contributed by atoms with Crippen molar-refractivity contribution in [3.05, 3.63) is 60.4 Å². The number of rotatable bonds is 5. The van der Waals surface area contributed by atoms with E-state index in [9.17, 15) is 0 Å². The predicted molar refractivity (Wildman–Crippen MR) is 107 cm³/mol. The number of aromatic nitrogens is 5. The lowest BCUT2D eigenvalue weighted by atomic mass is 10.2. The number of benzene rings is 1. The highest BCUT2D eigenvalue weighted by atomic mass is 127. The van der Waals surface area contributed by atoms with E-state index in [0.717, 1.165) is 22.9 Å². The van der Waals surface area contributed by atoms with E-state index in [0.29, 0.717) is 13.1 Å². The van der Waals surface area contributed by atoms with Crippen LogP contribution >= 0.6 is 24.0 Å². The van der Waals surface area contributed by atoms with Crippen LogP contribution in [-0.2, 0) is 20.1 Å². The second-order valence-corrected chi connectivity index (χ2v) is 5.23. The zero-order valence-electron chi connectivity index (χ0n) is 14.1. The quantitative estimate of drug-likeness (QED) is 0.348. The molecule has 0 amide bonds. The van der Waals surface area contributed by atoms with Crippen molar-refractivity contribution < 1.29 is 0 Å². The van der Waals surface area contributed by atoms with Gasteiger partial charge in [-0.3, -0.25) is 9.67 Å². The molecule has 0 saturated heterocycles. The summed E-state index contributed by atoms with van der Waals surface area (Å²) in [6, 6.07) is 10.1. The summed E-state index contributed by atoms with van der Waals surface area (Å²) in [5, 5.41) is 14.8. The molecule has 1 aromatic carbocycles. The van der Waals surface area contributed by atoms with Crippen LogP contribution in [0, 0.1) is 0 Å². The van der Waals surface area contributed by atoms with E-state index in [-0.39, 0.29) is 24.0 Å². The Morgan fingerprint density at radius 3 is 2.44 bits per heavy atom. The Kier molecular flexibility index (Phi) is 6.92. The van der Waals surface area contributed by atoms with Crippen LogP contribution in [0.3, 0.4) is 0 Å². The summed E-state index contributed by atoms with van der Waals surface area (Å²) in [5.74, 6) is 0.747. The van der Waals surface area contributed by atoms with Crippen molar-refractivity contribution in [1.82, 2.24) is 35.2 Å². The summed E-state index contributed by atoms with van der Waals surface area (Å²) in [6.07, 6.45) is 4.98. The lowest BCUT2D eigenvalue weighted by molar-refractivity contribution is 0.684. The van der Waals surface area contributed by atoms with Crippen LogP contribution in [0.1, 0.15) is 11.3 Å². The molecule has 0 bridgehead atoms. The molecular formula is C16H21IN8. The predicted octanol–water partition coefficient (Wildman–Crippen LogP) is 1.48. The van der Waals surface area contributed by atoms with E-state index < -0.39 is 0 Å². The van der Waals surface area contributed by atoms with Crippen molar-refractivity contribution in [2.75, 3.05) is 7.05 Å². The molecule has 0 radical (unpaired) electrons. The number of nitrogens with zero attached hydrogens (tertiary/aromatic N) is 6. The van der Waals surface area contributed by atoms with Crippen molar-refractivity contribution >= 4 is 29.9 Å². The molecule has 3 aromatic rings. The number of aliphatic imine (C=N–C) groups is 1. The van der Waals surface area contributed by atoms with Gasteiger partial charge in [0.2, 0.25) is 0 Å². The largest absolute Gasteiger partial charge is 0.352 e. The van der Waals surface area contributed by atoms with Crippen molar-refractivity contribution in [2.45, 2.75) is 13.1 Å². The third kappa shape index (κ3) is 5.02. The lowest BCUT2D eigenvalue weighted by Gasteiger charge is -2.12. The summed E-state index contributed by atoms with van der Waals surface area (Å²) in [5.41, 5.74) is 3.23. The molecule has 8 nitrogen and oxygen atoms in total. The minimum Gasteiger partial charge on any atom is -0.352 e. The average molecular weight is 452 g/mol. The van der Waals surface area contributed by atoms with Gasteiger partial charge >= 0.3 is 0 Å². The molecule has 132 valence electrons. The van der Waals surface area contributed by atoms with Gasteiger partial charge in [0.25, 0.3) is 0 Å². The van der Waals surface area contributed by atoms with E-state index in [1.54, 1.807) is 24.3 Å². The SMILES string of the molecule is CN=C(NCc1ccc(-n2cncn2)cc1)NCc1ccnn1C.I. The molecule has 0 spiro atoms. The summed E-state index contributed by atoms with van der Waals surface area (Å²) in [4.78, 5) is 8.18. The summed E-state index contributed by atoms with van der Waals surface area (Å²) in [7, 11) is 3.68. The van der Waals surface area contributed by atoms with Gasteiger partial charge < -0.3 is 10.6 Å². The van der Waals surface area contributed by atoms with Crippen molar-refractivity contribution in [3.63, 3.8) is 0 Å². The molecule has 0 aliphatic heterocycles. The fourth-order valence-corrected chi connectivity index (χ4v) is 2.26. The van der Waals surface area contributed by atoms with Crippen molar-refractivity contribution in [3.8, 4) is 5.69 Å². The molecule has 3 rings (SSSR count). The fourth-order valence-electron chi connectivity index (χ4n) is 2.26.